The van der Waals surface area contributed by atoms with E-state index in [1.165, 1.54) is 6.08 Å². The van der Waals surface area contributed by atoms with Crippen LogP contribution in [-0.4, -0.2) is 15.9 Å². The Bertz CT molecular complexity index is 657. The van der Waals surface area contributed by atoms with Crippen molar-refractivity contribution in [1.29, 1.82) is 0 Å². The Morgan fingerprint density at radius 1 is 1.40 bits per heavy atom. The fraction of sp³-hybridized carbons (Fsp3) is 0.0714. The molecule has 0 radical (unpaired) electrons. The van der Waals surface area contributed by atoms with Crippen molar-refractivity contribution in [2.45, 2.75) is 6.92 Å². The van der Waals surface area contributed by atoms with E-state index in [1.807, 2.05) is 0 Å². The van der Waals surface area contributed by atoms with E-state index in [9.17, 15) is 9.18 Å². The van der Waals surface area contributed by atoms with Crippen LogP contribution in [0.15, 0.2) is 43.1 Å². The maximum Gasteiger partial charge on any atom is 0.247 e. The van der Waals surface area contributed by atoms with Crippen LogP contribution < -0.4 is 10.6 Å². The number of carbonyl (C=O) groups is 1. The molecule has 0 saturated carbocycles. The van der Waals surface area contributed by atoms with E-state index in [4.69, 9.17) is 0 Å². The van der Waals surface area contributed by atoms with E-state index in [1.54, 1.807) is 31.2 Å². The van der Waals surface area contributed by atoms with Crippen LogP contribution in [0.5, 0.6) is 0 Å². The molecule has 6 heteroatoms. The Kier molecular flexibility index (Phi) is 4.05. The molecule has 2 N–H and O–H groups in total. The van der Waals surface area contributed by atoms with Crippen LogP contribution in [0.2, 0.25) is 0 Å². The number of aromatic nitrogens is 2. The number of rotatable bonds is 4. The van der Waals surface area contributed by atoms with E-state index < -0.39 is 5.82 Å². The minimum atomic E-state index is -0.545. The lowest BCUT2D eigenvalue weighted by Crippen LogP contribution is -2.07. The number of halogens is 1. The molecule has 0 fully saturated rings. The quantitative estimate of drug-likeness (QED) is 0.840. The minimum Gasteiger partial charge on any atom is -0.338 e. The molecule has 2 aromatic rings. The first-order valence-corrected chi connectivity index (χ1v) is 5.88. The Labute approximate surface area is 115 Å². The second kappa shape index (κ2) is 5.92. The third-order valence-electron chi connectivity index (χ3n) is 2.44. The largest absolute Gasteiger partial charge is 0.338 e. The molecule has 0 aliphatic carbocycles. The summed E-state index contributed by atoms with van der Waals surface area (Å²) in [6.45, 7) is 5.05. The van der Waals surface area contributed by atoms with Gasteiger partial charge in [-0.1, -0.05) is 12.6 Å². The third kappa shape index (κ3) is 3.38. The maximum atomic E-state index is 13.6. The first kappa shape index (κ1) is 13.7. The van der Waals surface area contributed by atoms with Gasteiger partial charge in [0.1, 0.15) is 5.82 Å². The summed E-state index contributed by atoms with van der Waals surface area (Å²) >= 11 is 0. The van der Waals surface area contributed by atoms with Gasteiger partial charge < -0.3 is 10.6 Å². The van der Waals surface area contributed by atoms with Crippen molar-refractivity contribution in [2.75, 3.05) is 10.6 Å². The fourth-order valence-corrected chi connectivity index (χ4v) is 1.55. The molecule has 0 saturated heterocycles. The number of anilines is 3. The van der Waals surface area contributed by atoms with Gasteiger partial charge >= 0.3 is 0 Å². The second-order valence-electron chi connectivity index (χ2n) is 4.01. The number of nitrogens with zero attached hydrogens (tertiary/aromatic N) is 2. The zero-order valence-corrected chi connectivity index (χ0v) is 10.9. The average Bonchev–Trinajstić information content (AvgIpc) is 2.43. The minimum absolute atomic E-state index is 0.0877. The topological polar surface area (TPSA) is 66.9 Å². The predicted octanol–water partition coefficient (Wildman–Crippen LogP) is 2.79. The summed E-state index contributed by atoms with van der Waals surface area (Å²) < 4.78 is 13.6. The smallest absolute Gasteiger partial charge is 0.247 e. The van der Waals surface area contributed by atoms with Crippen LogP contribution in [0.3, 0.4) is 0 Å². The molecular weight excluding hydrogens is 259 g/mol. The van der Waals surface area contributed by atoms with Crippen molar-refractivity contribution >= 4 is 23.1 Å². The predicted molar refractivity (Wildman–Crippen MR) is 75.3 cm³/mol. The van der Waals surface area contributed by atoms with Gasteiger partial charge in [0.15, 0.2) is 11.6 Å². The standard InChI is InChI=1S/C14H13FN4O/c1-3-13(20)18-10-5-4-6-11(7-10)19-14-12(15)8-16-9(2)17-14/h3-8H,1H2,2H3,(H,18,20)(H,16,17,19). The molecule has 0 atom stereocenters. The van der Waals surface area contributed by atoms with Gasteiger partial charge in [-0.25, -0.2) is 14.4 Å². The number of amides is 1. The van der Waals surface area contributed by atoms with Crippen LogP contribution in [0.1, 0.15) is 5.82 Å². The van der Waals surface area contributed by atoms with E-state index in [0.717, 1.165) is 6.20 Å². The highest BCUT2D eigenvalue weighted by Gasteiger charge is 2.06. The maximum absolute atomic E-state index is 13.6. The Hall–Kier alpha value is -2.76. The summed E-state index contributed by atoms with van der Waals surface area (Å²) in [7, 11) is 0. The van der Waals surface area contributed by atoms with Gasteiger partial charge in [-0.2, -0.15) is 0 Å². The average molecular weight is 272 g/mol. The zero-order chi connectivity index (χ0) is 14.5. The lowest BCUT2D eigenvalue weighted by atomic mass is 10.2. The highest BCUT2D eigenvalue weighted by Crippen LogP contribution is 2.20. The SMILES string of the molecule is C=CC(=O)Nc1cccc(Nc2nc(C)ncc2F)c1. The summed E-state index contributed by atoms with van der Waals surface area (Å²) in [5, 5.41) is 5.46. The number of carbonyl (C=O) groups excluding carboxylic acids is 1. The number of aryl methyl sites for hydroxylation is 1. The van der Waals surface area contributed by atoms with Crippen LogP contribution in [0.25, 0.3) is 0 Å². The fourth-order valence-electron chi connectivity index (χ4n) is 1.55. The molecule has 2 rings (SSSR count). The van der Waals surface area contributed by atoms with E-state index >= 15 is 0 Å². The zero-order valence-electron chi connectivity index (χ0n) is 10.9. The summed E-state index contributed by atoms with van der Waals surface area (Å²) in [5.41, 5.74) is 1.18. The van der Waals surface area contributed by atoms with Gasteiger partial charge in [0.05, 0.1) is 6.20 Å². The molecule has 1 aromatic heterocycles. The van der Waals surface area contributed by atoms with Crippen molar-refractivity contribution < 1.29 is 9.18 Å². The lowest BCUT2D eigenvalue weighted by molar-refractivity contribution is -0.111. The molecule has 0 spiro atoms. The van der Waals surface area contributed by atoms with Gasteiger partial charge in [0.25, 0.3) is 0 Å². The molecule has 1 heterocycles. The Morgan fingerprint density at radius 3 is 2.90 bits per heavy atom. The third-order valence-corrected chi connectivity index (χ3v) is 2.44. The molecule has 0 unspecified atom stereocenters. The van der Waals surface area contributed by atoms with Crippen LogP contribution in [-0.2, 0) is 4.79 Å². The van der Waals surface area contributed by atoms with Crippen molar-refractivity contribution in [3.63, 3.8) is 0 Å². The molecule has 1 aromatic carbocycles. The molecule has 0 aliphatic rings. The van der Waals surface area contributed by atoms with Crippen molar-refractivity contribution in [2.24, 2.45) is 0 Å². The summed E-state index contributed by atoms with van der Waals surface area (Å²) in [6.07, 6.45) is 2.28. The number of nitrogens with one attached hydrogen (secondary N) is 2. The van der Waals surface area contributed by atoms with Crippen molar-refractivity contribution in [3.05, 3.63) is 54.8 Å². The Balaban J connectivity index is 2.21. The van der Waals surface area contributed by atoms with Crippen molar-refractivity contribution in [1.82, 2.24) is 9.97 Å². The van der Waals surface area contributed by atoms with E-state index in [2.05, 4.69) is 27.2 Å². The van der Waals surface area contributed by atoms with Crippen LogP contribution in [0, 0.1) is 12.7 Å². The van der Waals surface area contributed by atoms with Crippen molar-refractivity contribution in [3.8, 4) is 0 Å². The monoisotopic (exact) mass is 272 g/mol. The first-order chi connectivity index (χ1) is 9.58. The normalized spacial score (nSPS) is 9.90. The van der Waals surface area contributed by atoms with Gasteiger partial charge in [0.2, 0.25) is 5.91 Å². The Morgan fingerprint density at radius 2 is 2.15 bits per heavy atom. The van der Waals surface area contributed by atoms with Gasteiger partial charge in [-0.3, -0.25) is 4.79 Å². The van der Waals surface area contributed by atoms with E-state index in [0.29, 0.717) is 17.2 Å². The van der Waals surface area contributed by atoms with Gasteiger partial charge in [-0.05, 0) is 31.2 Å². The molecule has 5 nitrogen and oxygen atoms in total. The van der Waals surface area contributed by atoms with Gasteiger partial charge in [-0.15, -0.1) is 0 Å². The molecular formula is C14H13FN4O. The summed E-state index contributed by atoms with van der Waals surface area (Å²) in [6, 6.07) is 6.85. The highest BCUT2D eigenvalue weighted by molar-refractivity contribution is 5.99. The van der Waals surface area contributed by atoms with Crippen LogP contribution >= 0.6 is 0 Å². The molecule has 0 bridgehead atoms. The second-order valence-corrected chi connectivity index (χ2v) is 4.01. The number of benzene rings is 1. The first-order valence-electron chi connectivity index (χ1n) is 5.88. The summed E-state index contributed by atoms with van der Waals surface area (Å²) in [4.78, 5) is 18.9. The molecule has 20 heavy (non-hydrogen) atoms. The molecule has 102 valence electrons. The molecule has 1 amide bonds. The number of hydrogen-bond acceptors (Lipinski definition) is 4. The lowest BCUT2D eigenvalue weighted by Gasteiger charge is -2.09. The molecule has 0 aliphatic heterocycles. The highest BCUT2D eigenvalue weighted by atomic mass is 19.1. The van der Waals surface area contributed by atoms with Crippen LogP contribution in [0.4, 0.5) is 21.6 Å². The number of hydrogen-bond donors (Lipinski definition) is 2. The summed E-state index contributed by atoms with van der Waals surface area (Å²) in [5.74, 6) is -0.308. The van der Waals surface area contributed by atoms with Gasteiger partial charge in [0, 0.05) is 11.4 Å². The van der Waals surface area contributed by atoms with E-state index in [-0.39, 0.29) is 11.7 Å².